The van der Waals surface area contributed by atoms with Crippen molar-refractivity contribution in [2.75, 3.05) is 6.61 Å². The Hall–Kier alpha value is -3.02. The van der Waals surface area contributed by atoms with E-state index in [1.54, 1.807) is 24.3 Å². The molecule has 0 aromatic heterocycles. The fraction of sp³-hybridized carbons (Fsp3) is 0.280. The van der Waals surface area contributed by atoms with Crippen LogP contribution in [0, 0.1) is 18.3 Å². The monoisotopic (exact) mass is 482 g/mol. The lowest BCUT2D eigenvalue weighted by Crippen LogP contribution is -2.04. The summed E-state index contributed by atoms with van der Waals surface area (Å²) in [5.41, 5.74) is 2.32. The molecule has 1 aliphatic heterocycles. The number of hydrogen-bond acceptors (Lipinski definition) is 7. The quantitative estimate of drug-likeness (QED) is 0.227. The molecule has 0 saturated carbocycles. The number of nitrogens with zero attached hydrogens (tertiary/aromatic N) is 2. The number of thioether (sulfide) groups is 1. The Kier molecular flexibility index (Phi) is 8.75. The zero-order valence-corrected chi connectivity index (χ0v) is 20.3. The SMILES string of the molecule is CCCCCCOc1ccc(S(=O)(=O)ON=C2C=CC(=C(C#N)c3ccccc3C)S2)cc1. The minimum atomic E-state index is -4.07. The zero-order valence-electron chi connectivity index (χ0n) is 18.7. The summed E-state index contributed by atoms with van der Waals surface area (Å²) in [5, 5.41) is 13.8. The van der Waals surface area contributed by atoms with Crippen molar-refractivity contribution in [2.45, 2.75) is 44.4 Å². The molecule has 0 N–H and O–H groups in total. The highest BCUT2D eigenvalue weighted by Gasteiger charge is 2.20. The molecule has 33 heavy (non-hydrogen) atoms. The molecule has 0 bridgehead atoms. The first-order chi connectivity index (χ1) is 15.9. The van der Waals surface area contributed by atoms with Crippen LogP contribution in [-0.4, -0.2) is 20.1 Å². The van der Waals surface area contributed by atoms with Gasteiger partial charge in [-0.1, -0.05) is 67.4 Å². The molecule has 1 heterocycles. The zero-order chi connectivity index (χ0) is 23.7. The molecule has 0 aliphatic carbocycles. The van der Waals surface area contributed by atoms with E-state index in [0.29, 0.717) is 27.9 Å². The van der Waals surface area contributed by atoms with Crippen molar-refractivity contribution < 1.29 is 17.4 Å². The van der Waals surface area contributed by atoms with Crippen molar-refractivity contribution in [3.8, 4) is 11.8 Å². The molecule has 0 spiro atoms. The van der Waals surface area contributed by atoms with Gasteiger partial charge in [-0.15, -0.1) is 0 Å². The van der Waals surface area contributed by atoms with Crippen LogP contribution in [0.4, 0.5) is 0 Å². The Morgan fingerprint density at radius 2 is 1.82 bits per heavy atom. The summed E-state index contributed by atoms with van der Waals surface area (Å²) in [6.07, 6.45) is 7.77. The summed E-state index contributed by atoms with van der Waals surface area (Å²) >= 11 is 1.19. The van der Waals surface area contributed by atoms with Gasteiger partial charge in [0.15, 0.2) is 0 Å². The first-order valence-corrected chi connectivity index (χ1v) is 13.0. The number of benzene rings is 2. The molecule has 0 atom stereocenters. The van der Waals surface area contributed by atoms with Crippen molar-refractivity contribution in [2.24, 2.45) is 5.16 Å². The molecule has 0 amide bonds. The summed E-state index contributed by atoms with van der Waals surface area (Å²) in [4.78, 5) is 0.678. The maximum absolute atomic E-state index is 12.5. The van der Waals surface area contributed by atoms with E-state index in [1.807, 2.05) is 31.2 Å². The van der Waals surface area contributed by atoms with Gasteiger partial charge in [0.25, 0.3) is 0 Å². The second kappa shape index (κ2) is 11.7. The molecular weight excluding hydrogens is 456 g/mol. The number of unbranched alkanes of at least 4 members (excludes halogenated alkanes) is 3. The fourth-order valence-electron chi connectivity index (χ4n) is 3.16. The van der Waals surface area contributed by atoms with Crippen LogP contribution in [0.25, 0.3) is 5.57 Å². The van der Waals surface area contributed by atoms with Gasteiger partial charge in [-0.3, -0.25) is 4.28 Å². The second-order valence-electron chi connectivity index (χ2n) is 7.44. The lowest BCUT2D eigenvalue weighted by Gasteiger charge is -2.07. The molecule has 6 nitrogen and oxygen atoms in total. The van der Waals surface area contributed by atoms with Gasteiger partial charge in [-0.2, -0.15) is 13.7 Å². The average Bonchev–Trinajstić information content (AvgIpc) is 3.28. The molecule has 8 heteroatoms. The van der Waals surface area contributed by atoms with Gasteiger partial charge >= 0.3 is 10.1 Å². The molecule has 2 aromatic carbocycles. The Balaban J connectivity index is 1.63. The van der Waals surface area contributed by atoms with Gasteiger partial charge in [0.05, 0.1) is 12.2 Å². The number of nitriles is 1. The summed E-state index contributed by atoms with van der Waals surface area (Å²) in [5.74, 6) is 0.612. The average molecular weight is 483 g/mol. The third-order valence-electron chi connectivity index (χ3n) is 4.97. The number of aryl methyl sites for hydroxylation is 1. The summed E-state index contributed by atoms with van der Waals surface area (Å²) < 4.78 is 35.5. The molecule has 1 aliphatic rings. The van der Waals surface area contributed by atoms with Crippen molar-refractivity contribution in [3.05, 3.63) is 76.7 Å². The van der Waals surface area contributed by atoms with Gasteiger partial charge < -0.3 is 4.74 Å². The van der Waals surface area contributed by atoms with E-state index < -0.39 is 10.1 Å². The largest absolute Gasteiger partial charge is 0.494 e. The van der Waals surface area contributed by atoms with Crippen molar-refractivity contribution in [1.82, 2.24) is 0 Å². The minimum absolute atomic E-state index is 0.00875. The highest BCUT2D eigenvalue weighted by molar-refractivity contribution is 8.18. The minimum Gasteiger partial charge on any atom is -0.494 e. The summed E-state index contributed by atoms with van der Waals surface area (Å²) in [7, 11) is -4.07. The standard InChI is InChI=1S/C25H26N2O4S2/c1-3-4-5-8-17-30-20-11-13-21(14-12-20)33(28,29)31-27-25-16-15-24(32-25)23(18-26)22-10-7-6-9-19(22)2/h6-7,9-16H,3-5,8,17H2,1-2H3. The predicted molar refractivity (Wildman–Crippen MR) is 132 cm³/mol. The lowest BCUT2D eigenvalue weighted by molar-refractivity contribution is 0.304. The molecule has 0 unspecified atom stereocenters. The molecule has 2 aromatic rings. The second-order valence-corrected chi connectivity index (χ2v) is 10.0. The molecule has 172 valence electrons. The van der Waals surface area contributed by atoms with Gasteiger partial charge in [0, 0.05) is 4.91 Å². The summed E-state index contributed by atoms with van der Waals surface area (Å²) in [6.45, 7) is 4.69. The first-order valence-electron chi connectivity index (χ1n) is 10.8. The smallest absolute Gasteiger partial charge is 0.358 e. The van der Waals surface area contributed by atoms with E-state index in [0.717, 1.165) is 30.4 Å². The van der Waals surface area contributed by atoms with Gasteiger partial charge in [0.1, 0.15) is 21.8 Å². The topological polar surface area (TPSA) is 88.8 Å². The molecule has 0 fully saturated rings. The lowest BCUT2D eigenvalue weighted by atomic mass is 10.0. The van der Waals surface area contributed by atoms with E-state index in [9.17, 15) is 13.7 Å². The molecule has 0 saturated heterocycles. The van der Waals surface area contributed by atoms with E-state index in [1.165, 1.54) is 30.3 Å². The molecule has 0 radical (unpaired) electrons. The first kappa shape index (κ1) is 24.6. The fourth-order valence-corrected chi connectivity index (χ4v) is 4.77. The van der Waals surface area contributed by atoms with Crippen LogP contribution < -0.4 is 4.74 Å². The maximum atomic E-state index is 12.5. The number of ether oxygens (including phenoxy) is 1. The number of allylic oxidation sites excluding steroid dienone is 2. The Labute approximate surface area is 199 Å². The number of oxime groups is 1. The Bertz CT molecular complexity index is 1210. The van der Waals surface area contributed by atoms with Crippen LogP contribution >= 0.6 is 11.8 Å². The van der Waals surface area contributed by atoms with Crippen LogP contribution in [0.2, 0.25) is 0 Å². The Morgan fingerprint density at radius 3 is 2.52 bits per heavy atom. The van der Waals surface area contributed by atoms with Crippen LogP contribution in [0.5, 0.6) is 5.75 Å². The van der Waals surface area contributed by atoms with E-state index in [4.69, 9.17) is 9.02 Å². The van der Waals surface area contributed by atoms with Crippen LogP contribution in [-0.2, 0) is 14.4 Å². The van der Waals surface area contributed by atoms with Crippen molar-refractivity contribution in [1.29, 1.82) is 5.26 Å². The predicted octanol–water partition coefficient (Wildman–Crippen LogP) is 6.21. The van der Waals surface area contributed by atoms with Crippen LogP contribution in [0.1, 0.15) is 43.7 Å². The molecule has 3 rings (SSSR count). The van der Waals surface area contributed by atoms with Gasteiger partial charge in [0.2, 0.25) is 0 Å². The summed E-state index contributed by atoms with van der Waals surface area (Å²) in [6, 6.07) is 15.9. The maximum Gasteiger partial charge on any atom is 0.358 e. The van der Waals surface area contributed by atoms with E-state index in [-0.39, 0.29) is 4.90 Å². The van der Waals surface area contributed by atoms with Crippen LogP contribution in [0.3, 0.4) is 0 Å². The number of rotatable bonds is 10. The van der Waals surface area contributed by atoms with Gasteiger partial charge in [-0.05, 0) is 60.9 Å². The highest BCUT2D eigenvalue weighted by atomic mass is 32.2. The number of hydrogen-bond donors (Lipinski definition) is 0. The van der Waals surface area contributed by atoms with Gasteiger partial charge in [-0.25, -0.2) is 0 Å². The highest BCUT2D eigenvalue weighted by Crippen LogP contribution is 2.35. The normalized spacial score (nSPS) is 16.0. The van der Waals surface area contributed by atoms with Crippen LogP contribution in [0.15, 0.2) is 75.6 Å². The van der Waals surface area contributed by atoms with E-state index in [2.05, 4.69) is 18.1 Å². The molecular formula is C25H26N2O4S2. The Morgan fingerprint density at radius 1 is 1.06 bits per heavy atom. The van der Waals surface area contributed by atoms with Crippen molar-refractivity contribution >= 4 is 32.5 Å². The third kappa shape index (κ3) is 6.73. The van der Waals surface area contributed by atoms with Crippen molar-refractivity contribution in [3.63, 3.8) is 0 Å². The third-order valence-corrected chi connectivity index (χ3v) is 7.07. The van der Waals surface area contributed by atoms with E-state index >= 15 is 0 Å².